The number of rotatable bonds is 4. The summed E-state index contributed by atoms with van der Waals surface area (Å²) in [6, 6.07) is 11.8. The van der Waals surface area contributed by atoms with Crippen molar-refractivity contribution in [2.45, 2.75) is 31.7 Å². The Morgan fingerprint density at radius 2 is 1.96 bits per heavy atom. The van der Waals surface area contributed by atoms with Crippen LogP contribution in [-0.2, 0) is 9.53 Å². The Hall–Kier alpha value is -2.47. The minimum atomic E-state index is -0.0551. The van der Waals surface area contributed by atoms with E-state index in [0.717, 1.165) is 36.6 Å². The number of carbonyl (C=O) groups excluding carboxylic acids is 2. The monoisotopic (exact) mass is 367 g/mol. The van der Waals surface area contributed by atoms with Gasteiger partial charge in [-0.15, -0.1) is 0 Å². The number of hydrogen-bond acceptors (Lipinski definition) is 4. The van der Waals surface area contributed by atoms with E-state index in [9.17, 15) is 9.59 Å². The highest BCUT2D eigenvalue weighted by molar-refractivity contribution is 5.95. The second kappa shape index (κ2) is 7.27. The standard InChI is InChI=1S/C21H25N3O3/c1-27-14-19(25)23-18-8-9-21(18)10-12-24(13-11-21)20(26)17-7-6-15-4-2-3-5-16(15)22-17/h2-7,18H,8-14H2,1H3,(H,23,25). The van der Waals surface area contributed by atoms with Crippen LogP contribution in [0.25, 0.3) is 10.9 Å². The lowest BCUT2D eigenvalue weighted by Gasteiger charge is -2.54. The summed E-state index contributed by atoms with van der Waals surface area (Å²) >= 11 is 0. The van der Waals surface area contributed by atoms with Crippen molar-refractivity contribution in [1.29, 1.82) is 0 Å². The first kappa shape index (κ1) is 17.9. The number of aromatic nitrogens is 1. The molecule has 2 aliphatic rings. The minimum Gasteiger partial charge on any atom is -0.375 e. The molecule has 0 bridgehead atoms. The molecule has 1 N–H and O–H groups in total. The number of carbonyl (C=O) groups is 2. The van der Waals surface area contributed by atoms with E-state index in [1.807, 2.05) is 41.3 Å². The lowest BCUT2D eigenvalue weighted by Crippen LogP contribution is -2.60. The van der Waals surface area contributed by atoms with Crippen LogP contribution in [-0.4, -0.2) is 54.5 Å². The molecule has 1 aliphatic carbocycles. The normalized spacial score (nSPS) is 21.1. The number of amides is 2. The highest BCUT2D eigenvalue weighted by atomic mass is 16.5. The van der Waals surface area contributed by atoms with Crippen LogP contribution in [0.2, 0.25) is 0 Å². The molecule has 2 fully saturated rings. The average molecular weight is 367 g/mol. The number of nitrogens with one attached hydrogen (secondary N) is 1. The van der Waals surface area contributed by atoms with Gasteiger partial charge >= 0.3 is 0 Å². The number of ether oxygens (including phenoxy) is 1. The van der Waals surface area contributed by atoms with Gasteiger partial charge in [-0.3, -0.25) is 9.59 Å². The predicted molar refractivity (Wildman–Crippen MR) is 102 cm³/mol. The number of pyridine rings is 1. The number of para-hydroxylation sites is 1. The van der Waals surface area contributed by atoms with Gasteiger partial charge in [0.1, 0.15) is 12.3 Å². The molecule has 1 aliphatic heterocycles. The predicted octanol–water partition coefficient (Wildman–Crippen LogP) is 2.38. The molecule has 27 heavy (non-hydrogen) atoms. The van der Waals surface area contributed by atoms with Gasteiger partial charge in [0.05, 0.1) is 5.52 Å². The number of hydrogen-bond donors (Lipinski definition) is 1. The summed E-state index contributed by atoms with van der Waals surface area (Å²) in [4.78, 5) is 31.1. The van der Waals surface area contributed by atoms with E-state index < -0.39 is 0 Å². The zero-order valence-corrected chi connectivity index (χ0v) is 15.6. The Kier molecular flexibility index (Phi) is 4.83. The fraction of sp³-hybridized carbons (Fsp3) is 0.476. The van der Waals surface area contributed by atoms with E-state index in [1.165, 1.54) is 7.11 Å². The lowest BCUT2D eigenvalue weighted by atomic mass is 9.59. The molecule has 2 aromatic rings. The summed E-state index contributed by atoms with van der Waals surface area (Å²) < 4.78 is 4.91. The molecule has 4 rings (SSSR count). The molecule has 6 nitrogen and oxygen atoms in total. The van der Waals surface area contributed by atoms with Crippen LogP contribution in [0.15, 0.2) is 36.4 Å². The zero-order valence-electron chi connectivity index (χ0n) is 15.6. The largest absolute Gasteiger partial charge is 0.375 e. The Balaban J connectivity index is 1.39. The van der Waals surface area contributed by atoms with Crippen molar-refractivity contribution in [2.24, 2.45) is 5.41 Å². The van der Waals surface area contributed by atoms with Crippen LogP contribution in [0.4, 0.5) is 0 Å². The Morgan fingerprint density at radius 3 is 2.67 bits per heavy atom. The first-order valence-electron chi connectivity index (χ1n) is 9.55. The maximum atomic E-state index is 12.9. The van der Waals surface area contributed by atoms with E-state index >= 15 is 0 Å². The Bertz CT molecular complexity index is 859. The van der Waals surface area contributed by atoms with Crippen molar-refractivity contribution in [3.05, 3.63) is 42.1 Å². The van der Waals surface area contributed by atoms with Gasteiger partial charge in [-0.05, 0) is 43.2 Å². The second-order valence-corrected chi connectivity index (χ2v) is 7.64. The van der Waals surface area contributed by atoms with Gasteiger partial charge in [-0.1, -0.05) is 24.3 Å². The first-order chi connectivity index (χ1) is 13.1. The molecule has 1 aromatic heterocycles. The summed E-state index contributed by atoms with van der Waals surface area (Å²) in [6.45, 7) is 1.53. The number of nitrogens with zero attached hydrogens (tertiary/aromatic N) is 2. The Morgan fingerprint density at radius 1 is 1.19 bits per heavy atom. The molecule has 1 unspecified atom stereocenters. The third kappa shape index (κ3) is 3.41. The van der Waals surface area contributed by atoms with E-state index in [1.54, 1.807) is 0 Å². The van der Waals surface area contributed by atoms with Crippen LogP contribution in [0, 0.1) is 5.41 Å². The summed E-state index contributed by atoms with van der Waals surface area (Å²) in [7, 11) is 1.53. The number of methoxy groups -OCH3 is 1. The highest BCUT2D eigenvalue weighted by Crippen LogP contribution is 2.49. The van der Waals surface area contributed by atoms with Crippen LogP contribution < -0.4 is 5.32 Å². The van der Waals surface area contributed by atoms with Gasteiger partial charge in [0.2, 0.25) is 5.91 Å². The van der Waals surface area contributed by atoms with Crippen LogP contribution in [0.3, 0.4) is 0 Å². The van der Waals surface area contributed by atoms with Crippen molar-refractivity contribution in [3.63, 3.8) is 0 Å². The van der Waals surface area contributed by atoms with E-state index in [-0.39, 0.29) is 29.9 Å². The maximum Gasteiger partial charge on any atom is 0.272 e. The molecule has 1 atom stereocenters. The van der Waals surface area contributed by atoms with Crippen molar-refractivity contribution < 1.29 is 14.3 Å². The molecule has 1 spiro atoms. The molecule has 6 heteroatoms. The molecule has 1 aromatic carbocycles. The van der Waals surface area contributed by atoms with Crippen molar-refractivity contribution in [3.8, 4) is 0 Å². The SMILES string of the molecule is COCC(=O)NC1CCC12CCN(C(=O)c1ccc3ccccc3n1)CC2. The molecule has 0 radical (unpaired) electrons. The molecule has 2 amide bonds. The van der Waals surface area contributed by atoms with Gasteiger partial charge in [-0.25, -0.2) is 4.98 Å². The summed E-state index contributed by atoms with van der Waals surface area (Å²) in [5.74, 6) is -0.0599. The quantitative estimate of drug-likeness (QED) is 0.901. The molecular formula is C21H25N3O3. The average Bonchev–Trinajstić information content (AvgIpc) is 2.70. The van der Waals surface area contributed by atoms with Gasteiger partial charge in [0, 0.05) is 31.6 Å². The van der Waals surface area contributed by atoms with Crippen LogP contribution in [0.1, 0.15) is 36.2 Å². The highest BCUT2D eigenvalue weighted by Gasteiger charge is 2.49. The van der Waals surface area contributed by atoms with E-state index in [2.05, 4.69) is 10.3 Å². The van der Waals surface area contributed by atoms with Gasteiger partial charge in [0.25, 0.3) is 5.91 Å². The fourth-order valence-corrected chi connectivity index (χ4v) is 4.39. The maximum absolute atomic E-state index is 12.9. The van der Waals surface area contributed by atoms with Crippen molar-refractivity contribution >= 4 is 22.7 Å². The summed E-state index contributed by atoms with van der Waals surface area (Å²) in [5, 5.41) is 4.13. The van der Waals surface area contributed by atoms with E-state index in [0.29, 0.717) is 18.8 Å². The van der Waals surface area contributed by atoms with Crippen molar-refractivity contribution in [2.75, 3.05) is 26.8 Å². The zero-order chi connectivity index (χ0) is 18.9. The number of fused-ring (bicyclic) bond motifs is 1. The smallest absolute Gasteiger partial charge is 0.272 e. The topological polar surface area (TPSA) is 71.5 Å². The minimum absolute atomic E-state index is 0.00473. The van der Waals surface area contributed by atoms with Gasteiger partial charge < -0.3 is 15.0 Å². The molecule has 142 valence electrons. The fourth-order valence-electron chi connectivity index (χ4n) is 4.39. The number of likely N-dealkylation sites (tertiary alicyclic amines) is 1. The van der Waals surface area contributed by atoms with Gasteiger partial charge in [-0.2, -0.15) is 0 Å². The van der Waals surface area contributed by atoms with Crippen LogP contribution in [0.5, 0.6) is 0 Å². The van der Waals surface area contributed by atoms with Crippen molar-refractivity contribution in [1.82, 2.24) is 15.2 Å². The summed E-state index contributed by atoms with van der Waals surface area (Å²) in [5.41, 5.74) is 1.48. The third-order valence-electron chi connectivity index (χ3n) is 6.14. The summed E-state index contributed by atoms with van der Waals surface area (Å²) in [6.07, 6.45) is 3.96. The molecule has 1 saturated carbocycles. The Labute approximate surface area is 158 Å². The second-order valence-electron chi connectivity index (χ2n) is 7.64. The van der Waals surface area contributed by atoms with E-state index in [4.69, 9.17) is 4.74 Å². The van der Waals surface area contributed by atoms with Gasteiger partial charge in [0.15, 0.2) is 0 Å². The molecule has 2 heterocycles. The van der Waals surface area contributed by atoms with Crippen LogP contribution >= 0.6 is 0 Å². The number of benzene rings is 1. The third-order valence-corrected chi connectivity index (χ3v) is 6.14. The first-order valence-corrected chi connectivity index (χ1v) is 9.55. The molecule has 1 saturated heterocycles. The lowest BCUT2D eigenvalue weighted by molar-refractivity contribution is -0.129. The molecular weight excluding hydrogens is 342 g/mol. The number of piperidine rings is 1.